The highest BCUT2D eigenvalue weighted by Gasteiger charge is 2.08. The zero-order valence-electron chi connectivity index (χ0n) is 12.4. The van der Waals surface area contributed by atoms with E-state index >= 15 is 0 Å². The standard InChI is InChI=1S/C15H21N5/c1-10(2)15-19-13(16-4)8-14(20-15)18-9-12-11(3)6-5-7-17-12/h5-8,10H,9H2,1-4H3,(H2,16,18,19,20). The molecule has 0 aliphatic rings. The van der Waals surface area contributed by atoms with E-state index < -0.39 is 0 Å². The number of rotatable bonds is 5. The first kappa shape index (κ1) is 14.2. The molecular weight excluding hydrogens is 250 g/mol. The maximum Gasteiger partial charge on any atom is 0.135 e. The lowest BCUT2D eigenvalue weighted by Gasteiger charge is -2.12. The van der Waals surface area contributed by atoms with E-state index in [1.807, 2.05) is 25.4 Å². The molecular formula is C15H21N5. The van der Waals surface area contributed by atoms with Crippen molar-refractivity contribution < 1.29 is 0 Å². The second kappa shape index (κ2) is 6.32. The second-order valence-electron chi connectivity index (χ2n) is 5.02. The highest BCUT2D eigenvalue weighted by Crippen LogP contribution is 2.17. The molecule has 2 heterocycles. The van der Waals surface area contributed by atoms with Crippen molar-refractivity contribution in [3.8, 4) is 0 Å². The van der Waals surface area contributed by atoms with Gasteiger partial charge >= 0.3 is 0 Å². The first-order valence-electron chi connectivity index (χ1n) is 6.81. The third kappa shape index (κ3) is 3.44. The van der Waals surface area contributed by atoms with E-state index in [-0.39, 0.29) is 0 Å². The number of aryl methyl sites for hydroxylation is 1. The van der Waals surface area contributed by atoms with Crippen LogP contribution in [0.1, 0.15) is 36.8 Å². The van der Waals surface area contributed by atoms with Crippen LogP contribution in [0.25, 0.3) is 0 Å². The predicted molar refractivity (Wildman–Crippen MR) is 82.0 cm³/mol. The van der Waals surface area contributed by atoms with Gasteiger partial charge in [0.2, 0.25) is 0 Å². The Morgan fingerprint density at radius 1 is 1.20 bits per heavy atom. The highest BCUT2D eigenvalue weighted by molar-refractivity contribution is 5.47. The fraction of sp³-hybridized carbons (Fsp3) is 0.400. The van der Waals surface area contributed by atoms with Crippen LogP contribution in [-0.2, 0) is 6.54 Å². The van der Waals surface area contributed by atoms with Crippen molar-refractivity contribution in [1.82, 2.24) is 15.0 Å². The van der Waals surface area contributed by atoms with Gasteiger partial charge in [0, 0.05) is 25.2 Å². The number of nitrogens with one attached hydrogen (secondary N) is 2. The van der Waals surface area contributed by atoms with Crippen LogP contribution in [0.5, 0.6) is 0 Å². The molecule has 0 aromatic carbocycles. The van der Waals surface area contributed by atoms with Gasteiger partial charge in [0.15, 0.2) is 0 Å². The fourth-order valence-electron chi connectivity index (χ4n) is 1.82. The molecule has 0 atom stereocenters. The monoisotopic (exact) mass is 271 g/mol. The van der Waals surface area contributed by atoms with Crippen LogP contribution in [-0.4, -0.2) is 22.0 Å². The Morgan fingerprint density at radius 2 is 1.95 bits per heavy atom. The van der Waals surface area contributed by atoms with Crippen molar-refractivity contribution in [3.05, 3.63) is 41.5 Å². The molecule has 2 rings (SSSR count). The molecule has 2 aromatic rings. The third-order valence-electron chi connectivity index (χ3n) is 3.07. The Labute approximate surface area is 119 Å². The Hall–Kier alpha value is -2.17. The fourth-order valence-corrected chi connectivity index (χ4v) is 1.82. The Bertz CT molecular complexity index is 580. The van der Waals surface area contributed by atoms with Crippen molar-refractivity contribution in [1.29, 1.82) is 0 Å². The van der Waals surface area contributed by atoms with Gasteiger partial charge in [-0.2, -0.15) is 0 Å². The van der Waals surface area contributed by atoms with Gasteiger partial charge in [0.25, 0.3) is 0 Å². The topological polar surface area (TPSA) is 62.7 Å². The van der Waals surface area contributed by atoms with Gasteiger partial charge in [-0.15, -0.1) is 0 Å². The summed E-state index contributed by atoms with van der Waals surface area (Å²) >= 11 is 0. The first-order valence-corrected chi connectivity index (χ1v) is 6.81. The van der Waals surface area contributed by atoms with Crippen molar-refractivity contribution >= 4 is 11.6 Å². The summed E-state index contributed by atoms with van der Waals surface area (Å²) in [7, 11) is 1.86. The Kier molecular flexibility index (Phi) is 4.50. The Balaban J connectivity index is 2.17. The van der Waals surface area contributed by atoms with Crippen molar-refractivity contribution in [2.24, 2.45) is 0 Å². The minimum Gasteiger partial charge on any atom is -0.373 e. The second-order valence-corrected chi connectivity index (χ2v) is 5.02. The maximum atomic E-state index is 4.54. The van der Waals surface area contributed by atoms with Gasteiger partial charge in [-0.3, -0.25) is 4.98 Å². The van der Waals surface area contributed by atoms with Gasteiger partial charge in [-0.1, -0.05) is 19.9 Å². The molecule has 0 saturated heterocycles. The summed E-state index contributed by atoms with van der Waals surface area (Å²) in [5.74, 6) is 2.76. The summed E-state index contributed by atoms with van der Waals surface area (Å²) in [6.45, 7) is 6.88. The summed E-state index contributed by atoms with van der Waals surface area (Å²) in [5.41, 5.74) is 2.20. The van der Waals surface area contributed by atoms with Crippen LogP contribution < -0.4 is 10.6 Å². The zero-order valence-corrected chi connectivity index (χ0v) is 12.4. The molecule has 0 aliphatic carbocycles. The van der Waals surface area contributed by atoms with Crippen molar-refractivity contribution in [2.75, 3.05) is 17.7 Å². The first-order chi connectivity index (χ1) is 9.60. The summed E-state index contributed by atoms with van der Waals surface area (Å²) < 4.78 is 0. The molecule has 20 heavy (non-hydrogen) atoms. The van der Waals surface area contributed by atoms with Crippen molar-refractivity contribution in [3.63, 3.8) is 0 Å². The molecule has 0 unspecified atom stereocenters. The van der Waals surface area contributed by atoms with Crippen LogP contribution >= 0.6 is 0 Å². The summed E-state index contributed by atoms with van der Waals surface area (Å²) in [4.78, 5) is 13.4. The Morgan fingerprint density at radius 3 is 2.60 bits per heavy atom. The maximum absolute atomic E-state index is 4.54. The van der Waals surface area contributed by atoms with E-state index in [2.05, 4.69) is 52.4 Å². The van der Waals surface area contributed by atoms with E-state index in [1.54, 1.807) is 0 Å². The average Bonchev–Trinajstić information content (AvgIpc) is 2.46. The van der Waals surface area contributed by atoms with Gasteiger partial charge in [-0.05, 0) is 18.6 Å². The van der Waals surface area contributed by atoms with E-state index in [9.17, 15) is 0 Å². The van der Waals surface area contributed by atoms with E-state index in [1.165, 1.54) is 5.56 Å². The largest absolute Gasteiger partial charge is 0.373 e. The molecule has 0 fully saturated rings. The van der Waals surface area contributed by atoms with Crippen LogP contribution in [0.4, 0.5) is 11.6 Å². The van der Waals surface area contributed by atoms with E-state index in [0.29, 0.717) is 12.5 Å². The number of nitrogens with zero attached hydrogens (tertiary/aromatic N) is 3. The number of anilines is 2. The molecule has 0 aliphatic heterocycles. The lowest BCUT2D eigenvalue weighted by atomic mass is 10.2. The number of hydrogen-bond donors (Lipinski definition) is 2. The molecule has 0 bridgehead atoms. The van der Waals surface area contributed by atoms with Gasteiger partial charge in [-0.25, -0.2) is 9.97 Å². The molecule has 0 amide bonds. The summed E-state index contributed by atoms with van der Waals surface area (Å²) in [5, 5.41) is 6.38. The molecule has 2 aromatic heterocycles. The summed E-state index contributed by atoms with van der Waals surface area (Å²) in [6, 6.07) is 5.91. The molecule has 0 radical (unpaired) electrons. The van der Waals surface area contributed by atoms with E-state index in [0.717, 1.165) is 23.2 Å². The molecule has 0 saturated carbocycles. The SMILES string of the molecule is CNc1cc(NCc2ncccc2C)nc(C(C)C)n1. The lowest BCUT2D eigenvalue weighted by Crippen LogP contribution is -2.09. The van der Waals surface area contributed by atoms with Crippen LogP contribution in [0.2, 0.25) is 0 Å². The van der Waals surface area contributed by atoms with Crippen molar-refractivity contribution in [2.45, 2.75) is 33.2 Å². The minimum atomic E-state index is 0.292. The normalized spacial score (nSPS) is 10.7. The molecule has 5 heteroatoms. The van der Waals surface area contributed by atoms with Gasteiger partial charge in [0.1, 0.15) is 17.5 Å². The molecule has 5 nitrogen and oxygen atoms in total. The van der Waals surface area contributed by atoms with E-state index in [4.69, 9.17) is 0 Å². The van der Waals surface area contributed by atoms with Gasteiger partial charge < -0.3 is 10.6 Å². The van der Waals surface area contributed by atoms with Crippen LogP contribution in [0.15, 0.2) is 24.4 Å². The zero-order chi connectivity index (χ0) is 14.5. The average molecular weight is 271 g/mol. The smallest absolute Gasteiger partial charge is 0.135 e. The quantitative estimate of drug-likeness (QED) is 0.875. The number of pyridine rings is 1. The predicted octanol–water partition coefficient (Wildman–Crippen LogP) is 2.96. The molecule has 0 spiro atoms. The van der Waals surface area contributed by atoms with Crippen LogP contribution in [0.3, 0.4) is 0 Å². The van der Waals surface area contributed by atoms with Crippen LogP contribution in [0, 0.1) is 6.92 Å². The van der Waals surface area contributed by atoms with Gasteiger partial charge in [0.05, 0.1) is 12.2 Å². The number of aromatic nitrogens is 3. The highest BCUT2D eigenvalue weighted by atomic mass is 15.1. The molecule has 2 N–H and O–H groups in total. The third-order valence-corrected chi connectivity index (χ3v) is 3.07. The number of hydrogen-bond acceptors (Lipinski definition) is 5. The summed E-state index contributed by atoms with van der Waals surface area (Å²) in [6.07, 6.45) is 1.81. The molecule has 106 valence electrons. The lowest BCUT2D eigenvalue weighted by molar-refractivity contribution is 0.775. The minimum absolute atomic E-state index is 0.292.